The zero-order valence-corrected chi connectivity index (χ0v) is 12.2. The number of hydrogen-bond acceptors (Lipinski definition) is 6. The van der Waals surface area contributed by atoms with E-state index in [1.54, 1.807) is 23.9 Å². The largest absolute Gasteiger partial charge is 0.373 e. The first kappa shape index (κ1) is 12.7. The fraction of sp³-hybridized carbons (Fsp3) is 0.357. The van der Waals surface area contributed by atoms with Crippen LogP contribution in [-0.4, -0.2) is 45.5 Å². The van der Waals surface area contributed by atoms with Crippen LogP contribution in [0.1, 0.15) is 0 Å². The highest BCUT2D eigenvalue weighted by atomic mass is 32.1. The minimum atomic E-state index is 0.127. The van der Waals surface area contributed by atoms with E-state index in [9.17, 15) is 0 Å². The maximum atomic E-state index is 5.85. The summed E-state index contributed by atoms with van der Waals surface area (Å²) >= 11 is 1.65. The third-order valence-electron chi connectivity index (χ3n) is 3.63. The molecule has 3 aromatic heterocycles. The summed E-state index contributed by atoms with van der Waals surface area (Å²) in [6.07, 6.45) is 5.53. The molecule has 1 aliphatic rings. The summed E-state index contributed by atoms with van der Waals surface area (Å²) in [7, 11) is 0. The molecule has 0 amide bonds. The minimum absolute atomic E-state index is 0.127. The first-order valence-corrected chi connectivity index (χ1v) is 7.80. The van der Waals surface area contributed by atoms with E-state index in [4.69, 9.17) is 4.74 Å². The van der Waals surface area contributed by atoms with Crippen molar-refractivity contribution in [2.24, 2.45) is 0 Å². The molecule has 0 radical (unpaired) electrons. The molecule has 1 fully saturated rings. The topological polar surface area (TPSA) is 56.1 Å². The molecule has 108 valence electrons. The highest BCUT2D eigenvalue weighted by Crippen LogP contribution is 2.27. The lowest BCUT2D eigenvalue weighted by Gasteiger charge is -2.33. The number of fused-ring (bicyclic) bond motifs is 1. The number of aromatic nitrogens is 4. The van der Waals surface area contributed by atoms with E-state index in [0.29, 0.717) is 6.61 Å². The summed E-state index contributed by atoms with van der Waals surface area (Å²) in [6, 6.07) is 4.02. The van der Waals surface area contributed by atoms with Gasteiger partial charge in [-0.15, -0.1) is 11.3 Å². The van der Waals surface area contributed by atoms with Gasteiger partial charge in [-0.1, -0.05) is 0 Å². The highest BCUT2D eigenvalue weighted by Gasteiger charge is 2.23. The predicted molar refractivity (Wildman–Crippen MR) is 81.6 cm³/mol. The molecular formula is C14H15N5OS. The predicted octanol–water partition coefficient (Wildman–Crippen LogP) is 1.79. The number of rotatable bonds is 3. The van der Waals surface area contributed by atoms with Gasteiger partial charge < -0.3 is 9.64 Å². The lowest BCUT2D eigenvalue weighted by atomic mass is 10.2. The first-order chi connectivity index (χ1) is 10.4. The molecule has 1 aliphatic heterocycles. The quantitative estimate of drug-likeness (QED) is 0.738. The molecule has 4 heterocycles. The second-order valence-electron chi connectivity index (χ2n) is 5.00. The van der Waals surface area contributed by atoms with Crippen molar-refractivity contribution in [3.8, 4) is 0 Å². The van der Waals surface area contributed by atoms with Gasteiger partial charge in [-0.05, 0) is 17.5 Å². The summed E-state index contributed by atoms with van der Waals surface area (Å²) < 4.78 is 7.76. The molecule has 0 bridgehead atoms. The number of ether oxygens (including phenoxy) is 1. The van der Waals surface area contributed by atoms with Crippen molar-refractivity contribution in [2.75, 3.05) is 24.6 Å². The number of nitrogens with zero attached hydrogens (tertiary/aromatic N) is 5. The van der Waals surface area contributed by atoms with Crippen LogP contribution in [-0.2, 0) is 11.3 Å². The van der Waals surface area contributed by atoms with Crippen molar-refractivity contribution >= 4 is 27.4 Å². The fourth-order valence-electron chi connectivity index (χ4n) is 2.67. The van der Waals surface area contributed by atoms with Crippen LogP contribution >= 0.6 is 11.3 Å². The van der Waals surface area contributed by atoms with Crippen LogP contribution in [0.5, 0.6) is 0 Å². The van der Waals surface area contributed by atoms with Gasteiger partial charge >= 0.3 is 0 Å². The van der Waals surface area contributed by atoms with Crippen molar-refractivity contribution in [2.45, 2.75) is 12.6 Å². The Morgan fingerprint density at radius 2 is 2.38 bits per heavy atom. The van der Waals surface area contributed by atoms with Gasteiger partial charge in [-0.3, -0.25) is 4.68 Å². The molecule has 6 nitrogen and oxygen atoms in total. The Bertz CT molecular complexity index is 726. The fourth-order valence-corrected chi connectivity index (χ4v) is 3.40. The molecule has 1 atom stereocenters. The monoisotopic (exact) mass is 301 g/mol. The molecule has 0 saturated carbocycles. The third kappa shape index (κ3) is 2.50. The van der Waals surface area contributed by atoms with Crippen LogP contribution in [0, 0.1) is 0 Å². The SMILES string of the molecule is c1cnn(C[C@@H]2CN(c3ncnc4sccc34)CCO2)c1. The second-order valence-corrected chi connectivity index (χ2v) is 5.90. The third-order valence-corrected chi connectivity index (χ3v) is 4.45. The minimum Gasteiger partial charge on any atom is -0.373 e. The number of thiophene rings is 1. The van der Waals surface area contributed by atoms with Crippen LogP contribution < -0.4 is 4.90 Å². The summed E-state index contributed by atoms with van der Waals surface area (Å²) in [5.74, 6) is 1.01. The Labute approximate surface area is 126 Å². The van der Waals surface area contributed by atoms with Crippen molar-refractivity contribution in [1.82, 2.24) is 19.7 Å². The number of hydrogen-bond donors (Lipinski definition) is 0. The average Bonchev–Trinajstić information content (AvgIpc) is 3.18. The zero-order chi connectivity index (χ0) is 14.1. The van der Waals surface area contributed by atoms with Gasteiger partial charge in [0.1, 0.15) is 17.0 Å². The van der Waals surface area contributed by atoms with Crippen LogP contribution in [0.4, 0.5) is 5.82 Å². The molecule has 0 unspecified atom stereocenters. The van der Waals surface area contributed by atoms with E-state index < -0.39 is 0 Å². The molecule has 0 spiro atoms. The summed E-state index contributed by atoms with van der Waals surface area (Å²) in [5.41, 5.74) is 0. The Balaban J connectivity index is 1.56. The summed E-state index contributed by atoms with van der Waals surface area (Å²) in [4.78, 5) is 12.1. The molecule has 3 aromatic rings. The van der Waals surface area contributed by atoms with Crippen LogP contribution in [0.2, 0.25) is 0 Å². The van der Waals surface area contributed by atoms with Gasteiger partial charge in [0.05, 0.1) is 24.6 Å². The van der Waals surface area contributed by atoms with Crippen molar-refractivity contribution in [3.05, 3.63) is 36.2 Å². The van der Waals surface area contributed by atoms with Crippen LogP contribution in [0.3, 0.4) is 0 Å². The number of anilines is 1. The van der Waals surface area contributed by atoms with Crippen molar-refractivity contribution in [1.29, 1.82) is 0 Å². The maximum Gasteiger partial charge on any atom is 0.140 e. The Morgan fingerprint density at radius 1 is 1.38 bits per heavy atom. The summed E-state index contributed by atoms with van der Waals surface area (Å²) in [5, 5.41) is 7.43. The van der Waals surface area contributed by atoms with E-state index in [2.05, 4.69) is 31.4 Å². The van der Waals surface area contributed by atoms with Crippen molar-refractivity contribution < 1.29 is 4.74 Å². The lowest BCUT2D eigenvalue weighted by Crippen LogP contribution is -2.44. The molecule has 0 N–H and O–H groups in total. The van der Waals surface area contributed by atoms with E-state index in [-0.39, 0.29) is 6.10 Å². The van der Waals surface area contributed by atoms with Gasteiger partial charge in [0, 0.05) is 25.5 Å². The summed E-state index contributed by atoms with van der Waals surface area (Å²) in [6.45, 7) is 3.16. The van der Waals surface area contributed by atoms with E-state index in [1.807, 2.05) is 16.9 Å². The van der Waals surface area contributed by atoms with Gasteiger partial charge in [-0.2, -0.15) is 5.10 Å². The first-order valence-electron chi connectivity index (χ1n) is 6.92. The molecule has 0 aromatic carbocycles. The molecule has 4 rings (SSSR count). The molecule has 1 saturated heterocycles. The molecule has 21 heavy (non-hydrogen) atoms. The molecule has 0 aliphatic carbocycles. The van der Waals surface area contributed by atoms with E-state index >= 15 is 0 Å². The average molecular weight is 301 g/mol. The van der Waals surface area contributed by atoms with Gasteiger partial charge in [0.2, 0.25) is 0 Å². The lowest BCUT2D eigenvalue weighted by molar-refractivity contribution is 0.0273. The molecule has 7 heteroatoms. The second kappa shape index (κ2) is 5.42. The smallest absolute Gasteiger partial charge is 0.140 e. The van der Waals surface area contributed by atoms with Gasteiger partial charge in [-0.25, -0.2) is 9.97 Å². The Kier molecular flexibility index (Phi) is 3.28. The van der Waals surface area contributed by atoms with E-state index in [1.165, 1.54) is 0 Å². The van der Waals surface area contributed by atoms with Crippen LogP contribution in [0.25, 0.3) is 10.2 Å². The number of morpholine rings is 1. The standard InChI is InChI=1S/C14H15N5OS/c1-3-17-19(4-1)9-11-8-18(5-6-20-11)13-12-2-7-21-14(12)16-10-15-13/h1-4,7,10-11H,5-6,8-9H2/t11-/m0/s1. The van der Waals surface area contributed by atoms with Gasteiger partial charge in [0.15, 0.2) is 0 Å². The Hall–Kier alpha value is -1.99. The van der Waals surface area contributed by atoms with E-state index in [0.717, 1.165) is 35.7 Å². The zero-order valence-electron chi connectivity index (χ0n) is 11.4. The maximum absolute atomic E-state index is 5.85. The highest BCUT2D eigenvalue weighted by molar-refractivity contribution is 7.16. The Morgan fingerprint density at radius 3 is 3.29 bits per heavy atom. The van der Waals surface area contributed by atoms with Crippen molar-refractivity contribution in [3.63, 3.8) is 0 Å². The molecular weight excluding hydrogens is 286 g/mol. The normalized spacial score (nSPS) is 19.2. The van der Waals surface area contributed by atoms with Gasteiger partial charge in [0.25, 0.3) is 0 Å². The van der Waals surface area contributed by atoms with Crippen LogP contribution in [0.15, 0.2) is 36.2 Å².